The maximum absolute atomic E-state index is 5.79. The van der Waals surface area contributed by atoms with Crippen LogP contribution < -0.4 is 10.6 Å². The number of hydrogen-bond acceptors (Lipinski definition) is 3. The average Bonchev–Trinajstić information content (AvgIpc) is 3.07. The molecule has 0 fully saturated rings. The normalized spacial score (nSPS) is 12.3. The van der Waals surface area contributed by atoms with Crippen LogP contribution >= 0.6 is 24.0 Å². The topological polar surface area (TPSA) is 63.5 Å². The minimum absolute atomic E-state index is 0. The summed E-state index contributed by atoms with van der Waals surface area (Å²) in [4.78, 5) is 4.27. The molecule has 150 valence electrons. The Kier molecular flexibility index (Phi) is 11.8. The highest BCUT2D eigenvalue weighted by atomic mass is 127. The monoisotopic (exact) mass is 485 g/mol. The highest BCUT2D eigenvalue weighted by Gasteiger charge is 2.05. The average molecular weight is 485 g/mol. The van der Waals surface area contributed by atoms with Crippen molar-refractivity contribution in [2.24, 2.45) is 10.9 Å². The first-order chi connectivity index (χ1) is 12.7. The van der Waals surface area contributed by atoms with Crippen LogP contribution in [0.5, 0.6) is 0 Å². The van der Waals surface area contributed by atoms with Crippen LogP contribution in [0.4, 0.5) is 0 Å². The molecule has 1 aromatic carbocycles. The number of ether oxygens (including phenoxy) is 1. The van der Waals surface area contributed by atoms with E-state index in [1.807, 2.05) is 29.1 Å². The Balaban J connectivity index is 0.00000364. The Morgan fingerprint density at radius 1 is 1.26 bits per heavy atom. The maximum atomic E-state index is 5.79. The first-order valence-electron chi connectivity index (χ1n) is 9.22. The fraction of sp³-hybridized carbons (Fsp3) is 0.500. The van der Waals surface area contributed by atoms with Gasteiger partial charge >= 0.3 is 0 Å². The highest BCUT2D eigenvalue weighted by molar-refractivity contribution is 14.0. The molecule has 2 rings (SSSR count). The van der Waals surface area contributed by atoms with Gasteiger partial charge in [-0.25, -0.2) is 0 Å². The molecular formula is C20H32IN5O. The van der Waals surface area contributed by atoms with Crippen molar-refractivity contribution in [1.82, 2.24) is 20.4 Å². The molecule has 0 aliphatic rings. The Bertz CT molecular complexity index is 659. The summed E-state index contributed by atoms with van der Waals surface area (Å²) in [6.07, 6.45) is 4.94. The molecule has 0 aliphatic carbocycles. The maximum Gasteiger partial charge on any atom is 0.190 e. The van der Waals surface area contributed by atoms with Crippen molar-refractivity contribution in [3.8, 4) is 0 Å². The molecule has 0 saturated carbocycles. The molecule has 2 N–H and O–H groups in total. The molecule has 0 radical (unpaired) electrons. The van der Waals surface area contributed by atoms with E-state index in [0.29, 0.717) is 12.5 Å². The quantitative estimate of drug-likeness (QED) is 0.235. The van der Waals surface area contributed by atoms with Crippen molar-refractivity contribution in [3.63, 3.8) is 0 Å². The molecule has 0 spiro atoms. The number of benzene rings is 1. The first kappa shape index (κ1) is 23.4. The summed E-state index contributed by atoms with van der Waals surface area (Å²) in [5, 5.41) is 11.0. The number of hydrogen-bond donors (Lipinski definition) is 2. The second-order valence-electron chi connectivity index (χ2n) is 6.62. The Labute approximate surface area is 179 Å². The Morgan fingerprint density at radius 3 is 2.70 bits per heavy atom. The molecule has 1 atom stereocenters. The van der Waals surface area contributed by atoms with Gasteiger partial charge in [0.25, 0.3) is 0 Å². The Morgan fingerprint density at radius 2 is 2.04 bits per heavy atom. The molecule has 27 heavy (non-hydrogen) atoms. The number of nitrogens with zero attached hydrogens (tertiary/aromatic N) is 3. The number of rotatable bonds is 10. The number of nitrogens with one attached hydrogen (secondary N) is 2. The lowest BCUT2D eigenvalue weighted by Crippen LogP contribution is -2.40. The molecule has 1 unspecified atom stereocenters. The first-order valence-corrected chi connectivity index (χ1v) is 9.22. The van der Waals surface area contributed by atoms with Crippen LogP contribution in [0.15, 0.2) is 47.7 Å². The summed E-state index contributed by atoms with van der Waals surface area (Å²) in [6.45, 7) is 8.19. The highest BCUT2D eigenvalue weighted by Crippen LogP contribution is 2.02. The third-order valence-corrected chi connectivity index (χ3v) is 3.97. The summed E-state index contributed by atoms with van der Waals surface area (Å²) < 4.78 is 7.76. The molecule has 0 aliphatic heterocycles. The van der Waals surface area contributed by atoms with Gasteiger partial charge in [-0.1, -0.05) is 37.3 Å². The lowest BCUT2D eigenvalue weighted by atomic mass is 10.2. The van der Waals surface area contributed by atoms with Crippen LogP contribution in [0.1, 0.15) is 24.5 Å². The lowest BCUT2D eigenvalue weighted by molar-refractivity contribution is 0.0931. The minimum Gasteiger partial charge on any atom is -0.376 e. The molecular weight excluding hydrogens is 453 g/mol. The van der Waals surface area contributed by atoms with Crippen molar-refractivity contribution < 1.29 is 4.74 Å². The van der Waals surface area contributed by atoms with E-state index in [4.69, 9.17) is 4.74 Å². The van der Waals surface area contributed by atoms with Gasteiger partial charge in [-0.15, -0.1) is 24.0 Å². The van der Waals surface area contributed by atoms with Gasteiger partial charge in [0.15, 0.2) is 5.96 Å². The predicted molar refractivity (Wildman–Crippen MR) is 122 cm³/mol. The standard InChI is InChI=1S/C20H31N5O.HI/c1-17-13-24-25(14-17)11-7-10-22-20(21-3)23-12-18(2)15-26-16-19-8-5-4-6-9-19;/h4-6,8-9,13-14,18H,7,10-12,15-16H2,1-3H3,(H2,21,22,23);1H. The van der Waals surface area contributed by atoms with E-state index in [1.54, 1.807) is 7.05 Å². The second-order valence-corrected chi connectivity index (χ2v) is 6.62. The number of aryl methyl sites for hydroxylation is 2. The van der Waals surface area contributed by atoms with Crippen LogP contribution in [-0.4, -0.2) is 42.5 Å². The summed E-state index contributed by atoms with van der Waals surface area (Å²) in [5.41, 5.74) is 2.40. The molecule has 0 amide bonds. The number of aliphatic imine (C=N–C) groups is 1. The van der Waals surface area contributed by atoms with Gasteiger partial charge in [0, 0.05) is 32.9 Å². The third kappa shape index (κ3) is 9.76. The lowest BCUT2D eigenvalue weighted by Gasteiger charge is -2.16. The van der Waals surface area contributed by atoms with Gasteiger partial charge < -0.3 is 15.4 Å². The number of aromatic nitrogens is 2. The molecule has 6 nitrogen and oxygen atoms in total. The number of guanidine groups is 1. The fourth-order valence-electron chi connectivity index (χ4n) is 2.54. The van der Waals surface area contributed by atoms with Crippen LogP contribution in [0.2, 0.25) is 0 Å². The summed E-state index contributed by atoms with van der Waals surface area (Å²) in [6, 6.07) is 10.3. The predicted octanol–water partition coefficient (Wildman–Crippen LogP) is 3.22. The molecule has 0 bridgehead atoms. The van der Waals surface area contributed by atoms with Gasteiger partial charge in [0.05, 0.1) is 19.4 Å². The zero-order chi connectivity index (χ0) is 18.6. The van der Waals surface area contributed by atoms with Gasteiger partial charge in [-0.3, -0.25) is 9.67 Å². The van der Waals surface area contributed by atoms with E-state index in [2.05, 4.69) is 52.9 Å². The van der Waals surface area contributed by atoms with Crippen LogP contribution in [0.3, 0.4) is 0 Å². The SMILES string of the molecule is CN=C(NCCCn1cc(C)cn1)NCC(C)COCc1ccccc1.I. The van der Waals surface area contributed by atoms with Crippen molar-refractivity contribution in [3.05, 3.63) is 53.9 Å². The van der Waals surface area contributed by atoms with Gasteiger partial charge in [0.1, 0.15) is 0 Å². The summed E-state index contributed by atoms with van der Waals surface area (Å²) >= 11 is 0. The number of halogens is 1. The van der Waals surface area contributed by atoms with Gasteiger partial charge in [-0.2, -0.15) is 5.10 Å². The molecule has 0 saturated heterocycles. The van der Waals surface area contributed by atoms with Crippen LogP contribution in [-0.2, 0) is 17.9 Å². The zero-order valence-electron chi connectivity index (χ0n) is 16.5. The second kappa shape index (κ2) is 13.5. The van der Waals surface area contributed by atoms with Crippen molar-refractivity contribution in [2.45, 2.75) is 33.4 Å². The van der Waals surface area contributed by atoms with Crippen LogP contribution in [0, 0.1) is 12.8 Å². The van der Waals surface area contributed by atoms with Crippen molar-refractivity contribution in [2.75, 3.05) is 26.7 Å². The molecule has 2 aromatic rings. The minimum atomic E-state index is 0. The summed E-state index contributed by atoms with van der Waals surface area (Å²) in [7, 11) is 1.79. The van der Waals surface area contributed by atoms with E-state index in [-0.39, 0.29) is 24.0 Å². The van der Waals surface area contributed by atoms with Crippen molar-refractivity contribution in [1.29, 1.82) is 0 Å². The fourth-order valence-corrected chi connectivity index (χ4v) is 2.54. The third-order valence-electron chi connectivity index (χ3n) is 3.97. The van der Waals surface area contributed by atoms with Crippen molar-refractivity contribution >= 4 is 29.9 Å². The van der Waals surface area contributed by atoms with E-state index < -0.39 is 0 Å². The van der Waals surface area contributed by atoms with Crippen LogP contribution in [0.25, 0.3) is 0 Å². The molecule has 1 heterocycles. The van der Waals surface area contributed by atoms with E-state index in [1.165, 1.54) is 11.1 Å². The van der Waals surface area contributed by atoms with Gasteiger partial charge in [-0.05, 0) is 30.4 Å². The van der Waals surface area contributed by atoms with E-state index >= 15 is 0 Å². The van der Waals surface area contributed by atoms with E-state index in [9.17, 15) is 0 Å². The summed E-state index contributed by atoms with van der Waals surface area (Å²) in [5.74, 6) is 1.24. The smallest absolute Gasteiger partial charge is 0.190 e. The molecule has 7 heteroatoms. The van der Waals surface area contributed by atoms with E-state index in [0.717, 1.165) is 38.6 Å². The Hall–Kier alpha value is -1.61. The zero-order valence-corrected chi connectivity index (χ0v) is 18.8. The largest absolute Gasteiger partial charge is 0.376 e. The molecule has 1 aromatic heterocycles. The van der Waals surface area contributed by atoms with Gasteiger partial charge in [0.2, 0.25) is 0 Å².